The van der Waals surface area contributed by atoms with Gasteiger partial charge in [0.05, 0.1) is 24.5 Å². The summed E-state index contributed by atoms with van der Waals surface area (Å²) in [6.07, 6.45) is 0. The van der Waals surface area contributed by atoms with Gasteiger partial charge in [0.15, 0.2) is 5.82 Å². The van der Waals surface area contributed by atoms with Crippen molar-refractivity contribution < 1.29 is 4.74 Å². The first-order valence-electron chi connectivity index (χ1n) is 4.68. The molecular formula is C10H9BrIN3OS. The zero-order valence-electron chi connectivity index (χ0n) is 8.91. The van der Waals surface area contributed by atoms with Crippen molar-refractivity contribution in [1.29, 1.82) is 0 Å². The number of hydrogen-bond acceptors (Lipinski definition) is 5. The largest absolute Gasteiger partial charge is 0.383 e. The van der Waals surface area contributed by atoms with E-state index in [0.717, 1.165) is 17.9 Å². The van der Waals surface area contributed by atoms with Gasteiger partial charge in [0, 0.05) is 7.11 Å². The van der Waals surface area contributed by atoms with Crippen LogP contribution in [0.15, 0.2) is 15.9 Å². The minimum atomic E-state index is 0.435. The molecule has 0 aliphatic carbocycles. The summed E-state index contributed by atoms with van der Waals surface area (Å²) in [5.74, 6) is 1.14. The molecular weight excluding hydrogens is 417 g/mol. The normalized spacial score (nSPS) is 10.8. The van der Waals surface area contributed by atoms with Gasteiger partial charge in [-0.25, -0.2) is 9.97 Å². The van der Waals surface area contributed by atoms with E-state index in [1.807, 2.05) is 12.1 Å². The van der Waals surface area contributed by atoms with Gasteiger partial charge in [-0.1, -0.05) is 0 Å². The summed E-state index contributed by atoms with van der Waals surface area (Å²) in [6.45, 7) is 0.435. The van der Waals surface area contributed by atoms with Gasteiger partial charge in [0.2, 0.25) is 0 Å². The highest BCUT2D eigenvalue weighted by Gasteiger charge is 2.12. The maximum absolute atomic E-state index is 5.87. The minimum absolute atomic E-state index is 0.435. The van der Waals surface area contributed by atoms with Crippen molar-refractivity contribution in [2.75, 3.05) is 12.8 Å². The Hall–Kier alpha value is -0.250. The summed E-state index contributed by atoms with van der Waals surface area (Å²) >= 11 is 7.13. The molecule has 0 radical (unpaired) electrons. The third-order valence-corrected chi connectivity index (χ3v) is 4.81. The van der Waals surface area contributed by atoms with Crippen molar-refractivity contribution >= 4 is 55.7 Å². The second kappa shape index (κ2) is 5.59. The molecule has 7 heteroatoms. The van der Waals surface area contributed by atoms with Gasteiger partial charge in [-0.05, 0) is 50.7 Å². The van der Waals surface area contributed by atoms with Crippen LogP contribution in [0.3, 0.4) is 0 Å². The van der Waals surface area contributed by atoms with Crippen molar-refractivity contribution in [1.82, 2.24) is 9.97 Å². The fourth-order valence-electron chi connectivity index (χ4n) is 1.29. The third kappa shape index (κ3) is 2.95. The summed E-state index contributed by atoms with van der Waals surface area (Å²) in [6, 6.07) is 3.93. The van der Waals surface area contributed by atoms with E-state index >= 15 is 0 Å². The minimum Gasteiger partial charge on any atom is -0.383 e. The number of nitrogens with zero attached hydrogens (tertiary/aromatic N) is 2. The Morgan fingerprint density at radius 1 is 1.47 bits per heavy atom. The molecule has 0 spiro atoms. The molecule has 17 heavy (non-hydrogen) atoms. The van der Waals surface area contributed by atoms with Gasteiger partial charge in [-0.3, -0.25) is 0 Å². The molecule has 0 aliphatic rings. The van der Waals surface area contributed by atoms with Crippen molar-refractivity contribution in [2.24, 2.45) is 0 Å². The smallest absolute Gasteiger partial charge is 0.172 e. The molecule has 0 bridgehead atoms. The first-order chi connectivity index (χ1) is 8.11. The fraction of sp³-hybridized carbons (Fsp3) is 0.200. The standard InChI is InChI=1S/C10H9BrIN3OS/c1-16-4-5-8(12)9(13)15-10(14-5)6-2-3-7(11)17-6/h2-3H,4H2,1H3,(H2,13,14,15). The maximum Gasteiger partial charge on any atom is 0.172 e. The van der Waals surface area contributed by atoms with E-state index in [1.54, 1.807) is 18.4 Å². The highest BCUT2D eigenvalue weighted by atomic mass is 127. The SMILES string of the molecule is COCc1nc(-c2ccc(Br)s2)nc(N)c1I. The number of hydrogen-bond donors (Lipinski definition) is 1. The van der Waals surface area contributed by atoms with Crippen LogP contribution in [0.2, 0.25) is 0 Å². The molecule has 0 amide bonds. The molecule has 2 aromatic heterocycles. The number of nitrogens with two attached hydrogens (primary N) is 1. The van der Waals surface area contributed by atoms with Gasteiger partial charge < -0.3 is 10.5 Å². The van der Waals surface area contributed by atoms with E-state index in [2.05, 4.69) is 48.5 Å². The number of nitrogen functional groups attached to an aromatic ring is 1. The lowest BCUT2D eigenvalue weighted by atomic mass is 10.3. The first-order valence-corrected chi connectivity index (χ1v) is 7.37. The Labute approximate surface area is 125 Å². The summed E-state index contributed by atoms with van der Waals surface area (Å²) in [5.41, 5.74) is 6.69. The molecule has 0 aliphatic heterocycles. The number of halogens is 2. The highest BCUT2D eigenvalue weighted by Crippen LogP contribution is 2.30. The Bertz CT molecular complexity index is 546. The van der Waals surface area contributed by atoms with Crippen LogP contribution in [0, 0.1) is 3.57 Å². The molecule has 90 valence electrons. The first kappa shape index (κ1) is 13.2. The van der Waals surface area contributed by atoms with Crippen LogP contribution in [-0.4, -0.2) is 17.1 Å². The van der Waals surface area contributed by atoms with E-state index in [-0.39, 0.29) is 0 Å². The van der Waals surface area contributed by atoms with Gasteiger partial charge in [-0.2, -0.15) is 0 Å². The lowest BCUT2D eigenvalue weighted by molar-refractivity contribution is 0.181. The second-order valence-corrected chi connectivity index (χ2v) is 6.77. The molecule has 2 rings (SSSR count). The van der Waals surface area contributed by atoms with Crippen LogP contribution in [0.4, 0.5) is 5.82 Å². The summed E-state index contributed by atoms with van der Waals surface area (Å²) in [7, 11) is 1.63. The van der Waals surface area contributed by atoms with Gasteiger partial charge in [0.25, 0.3) is 0 Å². The number of rotatable bonds is 3. The van der Waals surface area contributed by atoms with Crippen LogP contribution in [0.1, 0.15) is 5.69 Å². The predicted octanol–water partition coefficient (Wildman–Crippen LogP) is 3.30. The molecule has 0 unspecified atom stereocenters. The molecule has 0 saturated heterocycles. The molecule has 0 fully saturated rings. The Morgan fingerprint density at radius 3 is 2.82 bits per heavy atom. The van der Waals surface area contributed by atoms with Crippen LogP contribution in [0.25, 0.3) is 10.7 Å². The Kier molecular flexibility index (Phi) is 4.34. The van der Waals surface area contributed by atoms with Crippen LogP contribution < -0.4 is 5.73 Å². The Morgan fingerprint density at radius 2 is 2.24 bits per heavy atom. The van der Waals surface area contributed by atoms with Gasteiger partial charge in [0.1, 0.15) is 5.82 Å². The third-order valence-electron chi connectivity index (χ3n) is 2.02. The number of ether oxygens (including phenoxy) is 1. The number of aromatic nitrogens is 2. The summed E-state index contributed by atoms with van der Waals surface area (Å²) < 4.78 is 7.00. The van der Waals surface area contributed by atoms with Crippen molar-refractivity contribution in [3.05, 3.63) is 25.2 Å². The number of thiophene rings is 1. The quantitative estimate of drug-likeness (QED) is 0.766. The van der Waals surface area contributed by atoms with Gasteiger partial charge >= 0.3 is 0 Å². The maximum atomic E-state index is 5.87. The predicted molar refractivity (Wildman–Crippen MR) is 80.9 cm³/mol. The highest BCUT2D eigenvalue weighted by molar-refractivity contribution is 14.1. The topological polar surface area (TPSA) is 61.0 Å². The summed E-state index contributed by atoms with van der Waals surface area (Å²) in [4.78, 5) is 9.75. The van der Waals surface area contributed by atoms with E-state index in [4.69, 9.17) is 10.5 Å². The monoisotopic (exact) mass is 425 g/mol. The van der Waals surface area contributed by atoms with Crippen LogP contribution in [-0.2, 0) is 11.3 Å². The number of methoxy groups -OCH3 is 1. The van der Waals surface area contributed by atoms with Crippen molar-refractivity contribution in [3.8, 4) is 10.7 Å². The Balaban J connectivity index is 2.48. The van der Waals surface area contributed by atoms with Crippen molar-refractivity contribution in [3.63, 3.8) is 0 Å². The van der Waals surface area contributed by atoms with E-state index in [9.17, 15) is 0 Å². The molecule has 2 aromatic rings. The van der Waals surface area contributed by atoms with Crippen LogP contribution in [0.5, 0.6) is 0 Å². The average molecular weight is 426 g/mol. The molecule has 0 saturated carbocycles. The van der Waals surface area contributed by atoms with Gasteiger partial charge in [-0.15, -0.1) is 11.3 Å². The molecule has 2 heterocycles. The second-order valence-electron chi connectivity index (χ2n) is 3.23. The van der Waals surface area contributed by atoms with E-state index < -0.39 is 0 Å². The van der Waals surface area contributed by atoms with E-state index in [1.165, 1.54) is 0 Å². The fourth-order valence-corrected chi connectivity index (χ4v) is 3.01. The lowest BCUT2D eigenvalue weighted by Gasteiger charge is -2.07. The van der Waals surface area contributed by atoms with Crippen molar-refractivity contribution in [2.45, 2.75) is 6.61 Å². The molecule has 4 nitrogen and oxygen atoms in total. The average Bonchev–Trinajstić information content (AvgIpc) is 2.71. The molecule has 2 N–H and O–H groups in total. The van der Waals surface area contributed by atoms with E-state index in [0.29, 0.717) is 18.2 Å². The zero-order valence-corrected chi connectivity index (χ0v) is 13.5. The molecule has 0 aromatic carbocycles. The summed E-state index contributed by atoms with van der Waals surface area (Å²) in [5, 5.41) is 0. The molecule has 0 atom stereocenters. The van der Waals surface area contributed by atoms with Crippen LogP contribution >= 0.6 is 49.9 Å². The zero-order chi connectivity index (χ0) is 12.4. The lowest BCUT2D eigenvalue weighted by Crippen LogP contribution is -2.05. The number of anilines is 1.